The number of H-pyrrole nitrogens is 4. The summed E-state index contributed by atoms with van der Waals surface area (Å²) in [5.41, 5.74) is -0.445. The van der Waals surface area contributed by atoms with Crippen LogP contribution in [0.3, 0.4) is 0 Å². The Kier molecular flexibility index (Phi) is 2.63. The van der Waals surface area contributed by atoms with Crippen molar-refractivity contribution in [2.45, 2.75) is 0 Å². The van der Waals surface area contributed by atoms with E-state index in [1.54, 1.807) is 12.4 Å². The molecule has 0 aliphatic heterocycles. The molecule has 8 nitrogen and oxygen atoms in total. The lowest BCUT2D eigenvalue weighted by Gasteiger charge is -1.83. The van der Waals surface area contributed by atoms with Gasteiger partial charge in [-0.1, -0.05) is 0 Å². The fourth-order valence-corrected chi connectivity index (χ4v) is 1.08. The molecule has 0 fully saturated rings. The first-order valence-electron chi connectivity index (χ1n) is 4.37. The molecule has 82 valence electrons. The van der Waals surface area contributed by atoms with E-state index in [4.69, 9.17) is 0 Å². The van der Waals surface area contributed by atoms with Crippen LogP contribution < -0.4 is 11.2 Å². The van der Waals surface area contributed by atoms with Crippen LogP contribution >= 0.6 is 0 Å². The number of nitrogens with zero attached hydrogens (tertiary/aromatic N) is 2. The Bertz CT molecular complexity index is 644. The Morgan fingerprint density at radius 1 is 1.19 bits per heavy atom. The highest BCUT2D eigenvalue weighted by Gasteiger charge is 1.99. The number of rotatable bonds is 0. The van der Waals surface area contributed by atoms with Crippen molar-refractivity contribution in [1.82, 2.24) is 30.1 Å². The number of aromatic amines is 4. The normalized spacial score (nSPS) is 9.75. The Labute approximate surface area is 87.8 Å². The van der Waals surface area contributed by atoms with Crippen LogP contribution in [0.5, 0.6) is 0 Å². The summed E-state index contributed by atoms with van der Waals surface area (Å²) in [6, 6.07) is 1.83. The van der Waals surface area contributed by atoms with Crippen LogP contribution in [0.15, 0.2) is 34.4 Å². The van der Waals surface area contributed by atoms with Gasteiger partial charge in [0.1, 0.15) is 5.52 Å². The summed E-state index contributed by atoms with van der Waals surface area (Å²) in [5.74, 6) is 0. The first-order valence-corrected chi connectivity index (χ1v) is 4.37. The molecule has 3 rings (SSSR count). The highest BCUT2D eigenvalue weighted by molar-refractivity contribution is 5.67. The highest BCUT2D eigenvalue weighted by Crippen LogP contribution is 1.92. The van der Waals surface area contributed by atoms with Gasteiger partial charge in [0, 0.05) is 12.4 Å². The molecule has 0 amide bonds. The van der Waals surface area contributed by atoms with Crippen LogP contribution in [0.2, 0.25) is 0 Å². The number of nitrogens with one attached hydrogen (secondary N) is 4. The van der Waals surface area contributed by atoms with Gasteiger partial charge in [0.05, 0.1) is 6.33 Å². The fraction of sp³-hybridized carbons (Fsp3) is 0. The largest absolute Gasteiger partial charge is 0.339 e. The van der Waals surface area contributed by atoms with Gasteiger partial charge in [-0.15, -0.1) is 0 Å². The molecule has 0 saturated heterocycles. The van der Waals surface area contributed by atoms with Crippen LogP contribution in [0.25, 0.3) is 11.2 Å². The minimum atomic E-state index is -0.547. The fourth-order valence-electron chi connectivity index (χ4n) is 1.08. The van der Waals surface area contributed by atoms with Gasteiger partial charge in [-0.3, -0.25) is 19.9 Å². The number of fused-ring (bicyclic) bond motifs is 1. The molecule has 0 spiro atoms. The smallest absolute Gasteiger partial charge is 0.327 e. The first kappa shape index (κ1) is 9.90. The van der Waals surface area contributed by atoms with E-state index < -0.39 is 11.2 Å². The first-order chi connectivity index (χ1) is 7.77. The number of hydrogen-bond acceptors (Lipinski definition) is 4. The summed E-state index contributed by atoms with van der Waals surface area (Å²) >= 11 is 0. The lowest BCUT2D eigenvalue weighted by molar-refractivity contribution is 1.07. The van der Waals surface area contributed by atoms with Crippen LogP contribution in [-0.2, 0) is 0 Å². The molecule has 0 aliphatic carbocycles. The lowest BCUT2D eigenvalue weighted by Crippen LogP contribution is -2.21. The second kappa shape index (κ2) is 4.26. The molecule has 0 atom stereocenters. The number of hydrogen-bond donors (Lipinski definition) is 4. The van der Waals surface area contributed by atoms with E-state index in [1.807, 2.05) is 6.07 Å². The van der Waals surface area contributed by atoms with Gasteiger partial charge in [-0.2, -0.15) is 5.10 Å². The molecular formula is C8H8N6O2. The highest BCUT2D eigenvalue weighted by atomic mass is 16.2. The summed E-state index contributed by atoms with van der Waals surface area (Å²) in [5, 5.41) is 6.21. The monoisotopic (exact) mass is 220 g/mol. The van der Waals surface area contributed by atoms with Crippen LogP contribution in [0, 0.1) is 0 Å². The van der Waals surface area contributed by atoms with Gasteiger partial charge in [-0.05, 0) is 6.07 Å². The summed E-state index contributed by atoms with van der Waals surface area (Å²) < 4.78 is 0. The lowest BCUT2D eigenvalue weighted by atomic mass is 10.5. The van der Waals surface area contributed by atoms with Crippen molar-refractivity contribution in [2.75, 3.05) is 0 Å². The maximum Gasteiger partial charge on any atom is 0.327 e. The van der Waals surface area contributed by atoms with Crippen LogP contribution in [-0.4, -0.2) is 30.1 Å². The molecule has 0 saturated carbocycles. The molecule has 16 heavy (non-hydrogen) atoms. The zero-order valence-electron chi connectivity index (χ0n) is 8.02. The Hall–Kier alpha value is -2.64. The minimum absolute atomic E-state index is 0.277. The predicted octanol–water partition coefficient (Wildman–Crippen LogP) is -0.651. The van der Waals surface area contributed by atoms with Gasteiger partial charge in [0.2, 0.25) is 0 Å². The van der Waals surface area contributed by atoms with Crippen molar-refractivity contribution >= 4 is 11.2 Å². The van der Waals surface area contributed by atoms with Crippen LogP contribution in [0.1, 0.15) is 0 Å². The van der Waals surface area contributed by atoms with E-state index in [0.717, 1.165) is 0 Å². The molecule has 8 heteroatoms. The molecule has 3 heterocycles. The molecule has 0 radical (unpaired) electrons. The summed E-state index contributed by atoms with van der Waals surface area (Å²) in [6.45, 7) is 0. The van der Waals surface area contributed by atoms with E-state index in [2.05, 4.69) is 30.1 Å². The molecule has 0 unspecified atom stereocenters. The zero-order valence-corrected chi connectivity index (χ0v) is 8.02. The molecule has 0 aromatic carbocycles. The molecule has 0 bridgehead atoms. The van der Waals surface area contributed by atoms with E-state index in [0.29, 0.717) is 0 Å². The second-order valence-electron chi connectivity index (χ2n) is 2.80. The van der Waals surface area contributed by atoms with Crippen LogP contribution in [0.4, 0.5) is 0 Å². The summed E-state index contributed by atoms with van der Waals surface area (Å²) in [7, 11) is 0. The van der Waals surface area contributed by atoms with Gasteiger partial charge in [-0.25, -0.2) is 9.78 Å². The molecule has 3 aromatic heterocycles. The van der Waals surface area contributed by atoms with Crippen molar-refractivity contribution in [3.05, 3.63) is 45.6 Å². The van der Waals surface area contributed by atoms with Crippen molar-refractivity contribution in [1.29, 1.82) is 0 Å². The van der Waals surface area contributed by atoms with E-state index in [1.165, 1.54) is 6.33 Å². The molecule has 0 aliphatic rings. The summed E-state index contributed by atoms with van der Waals surface area (Å²) in [4.78, 5) is 32.3. The second-order valence-corrected chi connectivity index (χ2v) is 2.80. The minimum Gasteiger partial charge on any atom is -0.339 e. The van der Waals surface area contributed by atoms with Crippen molar-refractivity contribution < 1.29 is 0 Å². The maximum absolute atomic E-state index is 10.9. The Balaban J connectivity index is 0.000000162. The number of aromatic nitrogens is 6. The third kappa shape index (κ3) is 2.05. The zero-order chi connectivity index (χ0) is 11.4. The summed E-state index contributed by atoms with van der Waals surface area (Å²) in [6.07, 6.45) is 4.80. The maximum atomic E-state index is 10.9. The molecular weight excluding hydrogens is 212 g/mol. The third-order valence-corrected chi connectivity index (χ3v) is 1.73. The molecule has 3 aromatic rings. The predicted molar refractivity (Wildman–Crippen MR) is 55.9 cm³/mol. The molecule has 4 N–H and O–H groups in total. The van der Waals surface area contributed by atoms with Crippen molar-refractivity contribution in [3.63, 3.8) is 0 Å². The number of imidazole rings is 1. The Morgan fingerprint density at radius 3 is 2.69 bits per heavy atom. The average Bonchev–Trinajstić information content (AvgIpc) is 2.90. The van der Waals surface area contributed by atoms with Gasteiger partial charge < -0.3 is 4.98 Å². The van der Waals surface area contributed by atoms with Gasteiger partial charge in [0.25, 0.3) is 5.56 Å². The standard InChI is InChI=1S/C5H4N4O2.C3H4N2/c10-4-2-3(7-1-6-2)8-5(11)9-4;1-2-4-5-3-1/h1H,(H3,6,7,8,9,10,11);1-3H,(H,4,5). The third-order valence-electron chi connectivity index (χ3n) is 1.73. The average molecular weight is 220 g/mol. The van der Waals surface area contributed by atoms with Crippen molar-refractivity contribution in [3.8, 4) is 0 Å². The van der Waals surface area contributed by atoms with E-state index in [9.17, 15) is 9.59 Å². The quantitative estimate of drug-likeness (QED) is 0.402. The van der Waals surface area contributed by atoms with Crippen molar-refractivity contribution in [2.24, 2.45) is 0 Å². The van der Waals surface area contributed by atoms with Gasteiger partial charge in [0.15, 0.2) is 5.65 Å². The van der Waals surface area contributed by atoms with E-state index >= 15 is 0 Å². The SMILES string of the molecule is O=c1[nH]c(=O)c2[nH]cnc2[nH]1.c1cn[nH]c1. The topological polar surface area (TPSA) is 123 Å². The van der Waals surface area contributed by atoms with E-state index in [-0.39, 0.29) is 11.2 Å². The Morgan fingerprint density at radius 2 is 2.06 bits per heavy atom. The van der Waals surface area contributed by atoms with Gasteiger partial charge >= 0.3 is 5.69 Å².